The van der Waals surface area contributed by atoms with E-state index in [1.54, 1.807) is 29.9 Å². The van der Waals surface area contributed by atoms with Crippen molar-refractivity contribution in [1.82, 2.24) is 24.8 Å². The van der Waals surface area contributed by atoms with Crippen LogP contribution in [0.5, 0.6) is 0 Å². The lowest BCUT2D eigenvalue weighted by Gasteiger charge is -2.21. The first-order chi connectivity index (χ1) is 16.2. The lowest BCUT2D eigenvalue weighted by molar-refractivity contribution is 0.0933. The number of carbonyl (C=O) groups excluding carboxylic acids is 1. The van der Waals surface area contributed by atoms with Crippen LogP contribution in [0.25, 0.3) is 22.1 Å². The number of hydrogen-bond donors (Lipinski definition) is 1. The minimum atomic E-state index is 0.00907. The van der Waals surface area contributed by atoms with Gasteiger partial charge in [0.25, 0.3) is 5.91 Å². The number of thiazole rings is 1. The molecule has 1 amide bonds. The quantitative estimate of drug-likeness (QED) is 0.539. The topological polar surface area (TPSA) is 81.9 Å². The van der Waals surface area contributed by atoms with Crippen molar-refractivity contribution >= 4 is 17.2 Å². The summed E-state index contributed by atoms with van der Waals surface area (Å²) in [5.41, 5.74) is 4.27. The van der Waals surface area contributed by atoms with E-state index in [1.807, 2.05) is 18.4 Å². The predicted molar refractivity (Wildman–Crippen MR) is 129 cm³/mol. The van der Waals surface area contributed by atoms with Crippen molar-refractivity contribution in [2.75, 3.05) is 13.2 Å². The maximum absolute atomic E-state index is 13.2. The standard InChI is InChI=1S/C25H31N5O2S/c1-17-20(24(31)28-13-18-6-3-2-4-7-18)12-23(30(17)15-19-8-5-11-32-19)22-16-33-25(29-22)21-14-26-9-10-27-21/h9-10,12,14,16,18-19H,2-8,11,13,15H2,1H3,(H,28,31). The van der Waals surface area contributed by atoms with Crippen LogP contribution in [0, 0.1) is 12.8 Å². The summed E-state index contributed by atoms with van der Waals surface area (Å²) < 4.78 is 8.13. The lowest BCUT2D eigenvalue weighted by atomic mass is 9.89. The monoisotopic (exact) mass is 465 g/mol. The van der Waals surface area contributed by atoms with Crippen molar-refractivity contribution < 1.29 is 9.53 Å². The van der Waals surface area contributed by atoms with E-state index in [4.69, 9.17) is 9.72 Å². The highest BCUT2D eigenvalue weighted by atomic mass is 32.1. The van der Waals surface area contributed by atoms with Crippen LogP contribution in [-0.2, 0) is 11.3 Å². The van der Waals surface area contributed by atoms with E-state index in [-0.39, 0.29) is 12.0 Å². The number of nitrogens with one attached hydrogen (secondary N) is 1. The Labute approximate surface area is 198 Å². The number of carbonyl (C=O) groups is 1. The Bertz CT molecular complexity index is 1080. The summed E-state index contributed by atoms with van der Waals surface area (Å²) in [5.74, 6) is 0.610. The number of rotatable bonds is 7. The van der Waals surface area contributed by atoms with E-state index in [9.17, 15) is 4.79 Å². The van der Waals surface area contributed by atoms with Gasteiger partial charge < -0.3 is 14.6 Å². The van der Waals surface area contributed by atoms with Crippen molar-refractivity contribution in [3.8, 4) is 22.1 Å². The van der Waals surface area contributed by atoms with Crippen LogP contribution in [0.3, 0.4) is 0 Å². The summed E-state index contributed by atoms with van der Waals surface area (Å²) >= 11 is 1.54. The van der Waals surface area contributed by atoms with Gasteiger partial charge in [-0.3, -0.25) is 14.8 Å². The number of amides is 1. The van der Waals surface area contributed by atoms with Gasteiger partial charge >= 0.3 is 0 Å². The maximum atomic E-state index is 13.2. The molecule has 3 aromatic rings. The molecule has 1 unspecified atom stereocenters. The molecule has 2 fully saturated rings. The molecule has 0 aromatic carbocycles. The van der Waals surface area contributed by atoms with E-state index in [1.165, 1.54) is 32.1 Å². The Morgan fingerprint density at radius 3 is 2.82 bits per heavy atom. The fraction of sp³-hybridized carbons (Fsp3) is 0.520. The Kier molecular flexibility index (Phi) is 6.83. The minimum Gasteiger partial charge on any atom is -0.376 e. The third-order valence-corrected chi connectivity index (χ3v) is 7.71. The van der Waals surface area contributed by atoms with E-state index >= 15 is 0 Å². The average molecular weight is 466 g/mol. The normalized spacial score (nSPS) is 19.1. The highest BCUT2D eigenvalue weighted by molar-refractivity contribution is 7.13. The second-order valence-corrected chi connectivity index (χ2v) is 9.98. The van der Waals surface area contributed by atoms with E-state index in [2.05, 4.69) is 19.9 Å². The number of ether oxygens (including phenoxy) is 1. The molecule has 0 bridgehead atoms. The zero-order chi connectivity index (χ0) is 22.6. The Hall–Kier alpha value is -2.58. The van der Waals surface area contributed by atoms with Gasteiger partial charge in [0.15, 0.2) is 0 Å². The van der Waals surface area contributed by atoms with Gasteiger partial charge in [-0.25, -0.2) is 4.98 Å². The SMILES string of the molecule is Cc1c(C(=O)NCC2CCCCC2)cc(-c2csc(-c3cnccn3)n2)n1CC1CCCO1. The molecule has 2 aliphatic rings. The van der Waals surface area contributed by atoms with Gasteiger partial charge in [0.1, 0.15) is 10.7 Å². The van der Waals surface area contributed by atoms with Crippen molar-refractivity contribution in [2.24, 2.45) is 5.92 Å². The van der Waals surface area contributed by atoms with Gasteiger partial charge in [0.2, 0.25) is 0 Å². The second kappa shape index (κ2) is 10.1. The zero-order valence-electron chi connectivity index (χ0n) is 19.1. The fourth-order valence-electron chi connectivity index (χ4n) is 4.96. The van der Waals surface area contributed by atoms with Crippen LogP contribution in [0.15, 0.2) is 30.0 Å². The van der Waals surface area contributed by atoms with Crippen molar-refractivity contribution in [3.63, 3.8) is 0 Å². The maximum Gasteiger partial charge on any atom is 0.253 e. The smallest absolute Gasteiger partial charge is 0.253 e. The van der Waals surface area contributed by atoms with Crippen LogP contribution in [0.2, 0.25) is 0 Å². The molecule has 1 atom stereocenters. The van der Waals surface area contributed by atoms with Crippen LogP contribution in [-0.4, -0.2) is 44.7 Å². The van der Waals surface area contributed by atoms with Crippen LogP contribution in [0.1, 0.15) is 61.0 Å². The molecule has 1 saturated heterocycles. The molecule has 4 heterocycles. The molecule has 7 nitrogen and oxygen atoms in total. The van der Waals surface area contributed by atoms with Gasteiger partial charge in [-0.1, -0.05) is 19.3 Å². The van der Waals surface area contributed by atoms with E-state index in [0.29, 0.717) is 5.92 Å². The highest BCUT2D eigenvalue weighted by Gasteiger charge is 2.25. The molecule has 1 saturated carbocycles. The summed E-state index contributed by atoms with van der Waals surface area (Å²) in [6.45, 7) is 4.33. The third kappa shape index (κ3) is 5.01. The highest BCUT2D eigenvalue weighted by Crippen LogP contribution is 2.32. The van der Waals surface area contributed by atoms with Gasteiger partial charge in [-0.05, 0) is 44.6 Å². The molecule has 1 aliphatic carbocycles. The fourth-order valence-corrected chi connectivity index (χ4v) is 5.73. The van der Waals surface area contributed by atoms with Gasteiger partial charge in [-0.15, -0.1) is 11.3 Å². The summed E-state index contributed by atoms with van der Waals surface area (Å²) in [7, 11) is 0. The van der Waals surface area contributed by atoms with Crippen molar-refractivity contribution in [3.05, 3.63) is 41.3 Å². The molecule has 0 spiro atoms. The van der Waals surface area contributed by atoms with Crippen molar-refractivity contribution in [1.29, 1.82) is 0 Å². The Morgan fingerprint density at radius 2 is 2.06 bits per heavy atom. The molecule has 33 heavy (non-hydrogen) atoms. The molecular formula is C25H31N5O2S. The molecule has 5 rings (SSSR count). The van der Waals surface area contributed by atoms with E-state index < -0.39 is 0 Å². The third-order valence-electron chi connectivity index (χ3n) is 6.85. The first kappa shape index (κ1) is 22.2. The van der Waals surface area contributed by atoms with Crippen LogP contribution in [0.4, 0.5) is 0 Å². The molecule has 0 radical (unpaired) electrons. The first-order valence-electron chi connectivity index (χ1n) is 12.0. The summed E-state index contributed by atoms with van der Waals surface area (Å²) in [6, 6.07) is 2.00. The largest absolute Gasteiger partial charge is 0.376 e. The molecule has 1 N–H and O–H groups in total. The first-order valence-corrected chi connectivity index (χ1v) is 12.9. The summed E-state index contributed by atoms with van der Waals surface area (Å²) in [5, 5.41) is 6.07. The summed E-state index contributed by atoms with van der Waals surface area (Å²) in [4.78, 5) is 26.6. The molecule has 8 heteroatoms. The average Bonchev–Trinajstić information content (AvgIpc) is 3.61. The number of aromatic nitrogens is 4. The number of nitrogens with zero attached hydrogens (tertiary/aromatic N) is 4. The molecule has 1 aliphatic heterocycles. The van der Waals surface area contributed by atoms with Gasteiger partial charge in [0.05, 0.1) is 29.3 Å². The van der Waals surface area contributed by atoms with Crippen LogP contribution < -0.4 is 5.32 Å². The molecule has 3 aromatic heterocycles. The number of hydrogen-bond acceptors (Lipinski definition) is 6. The Balaban J connectivity index is 1.42. The zero-order valence-corrected chi connectivity index (χ0v) is 19.9. The van der Waals surface area contributed by atoms with Gasteiger partial charge in [0, 0.05) is 43.2 Å². The summed E-state index contributed by atoms with van der Waals surface area (Å²) in [6.07, 6.45) is 13.7. The molecule has 174 valence electrons. The lowest BCUT2D eigenvalue weighted by Crippen LogP contribution is -2.30. The van der Waals surface area contributed by atoms with E-state index in [0.717, 1.165) is 65.9 Å². The van der Waals surface area contributed by atoms with Gasteiger partial charge in [-0.2, -0.15) is 0 Å². The second-order valence-electron chi connectivity index (χ2n) is 9.12. The van der Waals surface area contributed by atoms with Crippen molar-refractivity contribution in [2.45, 2.75) is 64.5 Å². The molecular weight excluding hydrogens is 434 g/mol. The van der Waals surface area contributed by atoms with Crippen LogP contribution >= 0.6 is 11.3 Å². The Morgan fingerprint density at radius 1 is 1.18 bits per heavy atom. The predicted octanol–water partition coefficient (Wildman–Crippen LogP) is 4.87. The minimum absolute atomic E-state index is 0.00907.